The molecule has 1 atom stereocenters. The van der Waals surface area contributed by atoms with Crippen LogP contribution in [0.2, 0.25) is 0 Å². The average molecular weight is 406 g/mol. The van der Waals surface area contributed by atoms with Gasteiger partial charge in [-0.1, -0.05) is 24.3 Å². The van der Waals surface area contributed by atoms with Crippen molar-refractivity contribution in [2.75, 3.05) is 37.4 Å². The molecule has 8 nitrogen and oxygen atoms in total. The monoisotopic (exact) mass is 406 g/mol. The van der Waals surface area contributed by atoms with Crippen LogP contribution in [0.25, 0.3) is 0 Å². The first-order valence-corrected chi connectivity index (χ1v) is 10.5. The molecule has 1 aliphatic heterocycles. The Morgan fingerprint density at radius 1 is 1.18 bits per heavy atom. The van der Waals surface area contributed by atoms with Gasteiger partial charge in [0, 0.05) is 0 Å². The lowest BCUT2D eigenvalue weighted by atomic mass is 10.2. The van der Waals surface area contributed by atoms with Crippen molar-refractivity contribution < 1.29 is 27.4 Å². The van der Waals surface area contributed by atoms with Crippen LogP contribution in [0.3, 0.4) is 0 Å². The molecule has 1 aliphatic rings. The number of rotatable bonds is 7. The van der Waals surface area contributed by atoms with Crippen molar-refractivity contribution in [1.82, 2.24) is 5.32 Å². The van der Waals surface area contributed by atoms with E-state index in [-0.39, 0.29) is 19.7 Å². The number of nitrogens with one attached hydrogen (secondary N) is 1. The van der Waals surface area contributed by atoms with Gasteiger partial charge in [0.25, 0.3) is 5.91 Å². The van der Waals surface area contributed by atoms with Crippen molar-refractivity contribution in [2.45, 2.75) is 6.10 Å². The number of hydrogen-bond donors (Lipinski definition) is 1. The number of hydrogen-bond acceptors (Lipinski definition) is 6. The van der Waals surface area contributed by atoms with Crippen LogP contribution < -0.4 is 23.8 Å². The van der Waals surface area contributed by atoms with E-state index >= 15 is 0 Å². The summed E-state index contributed by atoms with van der Waals surface area (Å²) in [4.78, 5) is 12.5. The molecule has 150 valence electrons. The maximum atomic E-state index is 12.5. The van der Waals surface area contributed by atoms with Gasteiger partial charge in [-0.25, -0.2) is 8.42 Å². The first-order valence-electron chi connectivity index (χ1n) is 8.67. The smallest absolute Gasteiger partial charge is 0.263 e. The summed E-state index contributed by atoms with van der Waals surface area (Å²) < 4.78 is 41.9. The molecule has 0 radical (unpaired) electrons. The van der Waals surface area contributed by atoms with Crippen LogP contribution >= 0.6 is 0 Å². The third kappa shape index (κ3) is 4.48. The van der Waals surface area contributed by atoms with E-state index in [2.05, 4.69) is 5.32 Å². The molecule has 0 saturated carbocycles. The highest BCUT2D eigenvalue weighted by Crippen LogP contribution is 2.34. The zero-order chi connectivity index (χ0) is 20.1. The molecule has 1 amide bonds. The van der Waals surface area contributed by atoms with Gasteiger partial charge >= 0.3 is 0 Å². The van der Waals surface area contributed by atoms with Crippen LogP contribution in [0.15, 0.2) is 48.5 Å². The van der Waals surface area contributed by atoms with Crippen molar-refractivity contribution in [1.29, 1.82) is 0 Å². The maximum absolute atomic E-state index is 12.5. The number of ether oxygens (including phenoxy) is 3. The first kappa shape index (κ1) is 19.8. The molecule has 3 rings (SSSR count). The van der Waals surface area contributed by atoms with Gasteiger partial charge in [0.2, 0.25) is 10.0 Å². The van der Waals surface area contributed by atoms with E-state index in [0.29, 0.717) is 22.9 Å². The summed E-state index contributed by atoms with van der Waals surface area (Å²) in [5.74, 6) is 1.12. The summed E-state index contributed by atoms with van der Waals surface area (Å²) in [5, 5.41) is 2.71. The Morgan fingerprint density at radius 3 is 2.57 bits per heavy atom. The Hall–Kier alpha value is -2.94. The number of sulfonamides is 1. The van der Waals surface area contributed by atoms with E-state index in [1.54, 1.807) is 43.5 Å². The third-order valence-corrected chi connectivity index (χ3v) is 5.30. The van der Waals surface area contributed by atoms with Crippen LogP contribution in [0.4, 0.5) is 5.69 Å². The quantitative estimate of drug-likeness (QED) is 0.699. The minimum Gasteiger partial charge on any atom is -0.493 e. The second-order valence-corrected chi connectivity index (χ2v) is 8.07. The zero-order valence-electron chi connectivity index (χ0n) is 15.6. The number of para-hydroxylation sites is 4. The van der Waals surface area contributed by atoms with Gasteiger partial charge < -0.3 is 19.5 Å². The molecule has 0 unspecified atom stereocenters. The molecule has 0 spiro atoms. The van der Waals surface area contributed by atoms with E-state index < -0.39 is 22.0 Å². The second-order valence-electron chi connectivity index (χ2n) is 6.16. The Kier molecular flexibility index (Phi) is 5.93. The summed E-state index contributed by atoms with van der Waals surface area (Å²) in [5.41, 5.74) is 0.425. The summed E-state index contributed by atoms with van der Waals surface area (Å²) >= 11 is 0. The number of fused-ring (bicyclic) bond motifs is 1. The van der Waals surface area contributed by atoms with E-state index in [1.807, 2.05) is 12.1 Å². The Balaban J connectivity index is 1.59. The van der Waals surface area contributed by atoms with Crippen LogP contribution in [0.1, 0.15) is 0 Å². The van der Waals surface area contributed by atoms with Gasteiger partial charge in [-0.2, -0.15) is 0 Å². The molecule has 0 saturated heterocycles. The lowest BCUT2D eigenvalue weighted by Crippen LogP contribution is -2.51. The predicted octanol–water partition coefficient (Wildman–Crippen LogP) is 1.42. The second kappa shape index (κ2) is 8.39. The largest absolute Gasteiger partial charge is 0.493 e. The highest BCUT2D eigenvalue weighted by atomic mass is 32.2. The van der Waals surface area contributed by atoms with Crippen molar-refractivity contribution in [2.24, 2.45) is 0 Å². The topological polar surface area (TPSA) is 94.2 Å². The van der Waals surface area contributed by atoms with Crippen LogP contribution in [0, 0.1) is 0 Å². The fourth-order valence-corrected chi connectivity index (χ4v) is 3.75. The molecule has 0 bridgehead atoms. The van der Waals surface area contributed by atoms with Gasteiger partial charge in [0.15, 0.2) is 17.6 Å². The normalized spacial score (nSPS) is 15.9. The highest BCUT2D eigenvalue weighted by Gasteiger charge is 2.34. The van der Waals surface area contributed by atoms with Crippen LogP contribution in [-0.2, 0) is 14.8 Å². The molecule has 1 heterocycles. The first-order chi connectivity index (χ1) is 13.4. The fraction of sp³-hybridized carbons (Fsp3) is 0.316. The number of carbonyl (C=O) groups excluding carboxylic acids is 1. The number of anilines is 1. The molecule has 0 aromatic heterocycles. The van der Waals surface area contributed by atoms with Gasteiger partial charge in [-0.15, -0.1) is 0 Å². The Labute approximate surface area is 164 Å². The van der Waals surface area contributed by atoms with Crippen molar-refractivity contribution in [3.05, 3.63) is 48.5 Å². The number of carbonyl (C=O) groups is 1. The van der Waals surface area contributed by atoms with Crippen LogP contribution in [0.5, 0.6) is 17.2 Å². The Bertz CT molecular complexity index is 947. The summed E-state index contributed by atoms with van der Waals surface area (Å²) in [6.45, 7) is 0.373. The van der Waals surface area contributed by atoms with Gasteiger partial charge in [0.1, 0.15) is 12.4 Å². The minimum atomic E-state index is -3.54. The third-order valence-electron chi connectivity index (χ3n) is 4.16. The minimum absolute atomic E-state index is 0.0882. The van der Waals surface area contributed by atoms with Crippen molar-refractivity contribution in [3.8, 4) is 17.2 Å². The molecular weight excluding hydrogens is 384 g/mol. The van der Waals surface area contributed by atoms with Gasteiger partial charge in [-0.3, -0.25) is 9.10 Å². The number of methoxy groups -OCH3 is 1. The SMILES string of the molecule is COc1ccccc1OCCNC(=O)[C@@H]1CN(S(C)(=O)=O)c2ccccc2O1. The predicted molar refractivity (Wildman–Crippen MR) is 105 cm³/mol. The molecule has 0 fully saturated rings. The van der Waals surface area contributed by atoms with Crippen LogP contribution in [-0.4, -0.2) is 53.5 Å². The number of nitrogens with zero attached hydrogens (tertiary/aromatic N) is 1. The van der Waals surface area contributed by atoms with E-state index in [4.69, 9.17) is 14.2 Å². The standard InChI is InChI=1S/C19H22N2O6S/c1-25-16-9-5-6-10-17(16)26-12-11-20-19(22)18-13-21(28(2,23)24)14-7-3-4-8-15(14)27-18/h3-10,18H,11-13H2,1-2H3,(H,20,22)/t18-/m0/s1. The van der Waals surface area contributed by atoms with E-state index in [0.717, 1.165) is 6.26 Å². The lowest BCUT2D eigenvalue weighted by Gasteiger charge is -2.33. The molecule has 1 N–H and O–H groups in total. The lowest BCUT2D eigenvalue weighted by molar-refractivity contribution is -0.127. The molecule has 2 aromatic carbocycles. The zero-order valence-corrected chi connectivity index (χ0v) is 16.4. The van der Waals surface area contributed by atoms with E-state index in [9.17, 15) is 13.2 Å². The number of benzene rings is 2. The van der Waals surface area contributed by atoms with Gasteiger partial charge in [-0.05, 0) is 24.3 Å². The molecule has 9 heteroatoms. The molecular formula is C19H22N2O6S. The summed E-state index contributed by atoms with van der Waals surface area (Å²) in [6, 6.07) is 13.9. The summed E-state index contributed by atoms with van der Waals surface area (Å²) in [6.07, 6.45) is 0.154. The highest BCUT2D eigenvalue weighted by molar-refractivity contribution is 7.92. The fourth-order valence-electron chi connectivity index (χ4n) is 2.84. The number of amides is 1. The average Bonchev–Trinajstić information content (AvgIpc) is 2.69. The molecule has 28 heavy (non-hydrogen) atoms. The van der Waals surface area contributed by atoms with Gasteiger partial charge in [0.05, 0.1) is 32.1 Å². The van der Waals surface area contributed by atoms with Crippen molar-refractivity contribution >= 4 is 21.6 Å². The van der Waals surface area contributed by atoms with Crippen molar-refractivity contribution in [3.63, 3.8) is 0 Å². The Morgan fingerprint density at radius 2 is 1.86 bits per heavy atom. The molecule has 0 aliphatic carbocycles. The maximum Gasteiger partial charge on any atom is 0.263 e. The summed E-state index contributed by atoms with van der Waals surface area (Å²) in [7, 11) is -1.99. The van der Waals surface area contributed by atoms with E-state index in [1.165, 1.54) is 4.31 Å². The molecule has 2 aromatic rings.